The molecular weight excluding hydrogens is 355 g/mol. The number of rotatable bonds is 2. The van der Waals surface area contributed by atoms with Crippen LogP contribution in [-0.2, 0) is 17.7 Å². The molecule has 3 aromatic rings. The van der Waals surface area contributed by atoms with Crippen LogP contribution in [0.5, 0.6) is 0 Å². The predicted molar refractivity (Wildman–Crippen MR) is 105 cm³/mol. The highest BCUT2D eigenvalue weighted by molar-refractivity contribution is 5.85. The molecule has 144 valence electrons. The Bertz CT molecular complexity index is 1010. The van der Waals surface area contributed by atoms with Gasteiger partial charge in [-0.15, -0.1) is 0 Å². The summed E-state index contributed by atoms with van der Waals surface area (Å²) in [4.78, 5) is 15.3. The van der Waals surface area contributed by atoms with E-state index < -0.39 is 0 Å². The minimum atomic E-state index is -0.193. The number of H-pyrrole nitrogens is 1. The van der Waals surface area contributed by atoms with E-state index in [1.54, 1.807) is 6.07 Å². The first-order valence-electron chi connectivity index (χ1n) is 10.2. The van der Waals surface area contributed by atoms with Crippen LogP contribution in [-0.4, -0.2) is 34.7 Å². The van der Waals surface area contributed by atoms with E-state index in [1.165, 1.54) is 30.2 Å². The average molecular weight is 378 g/mol. The van der Waals surface area contributed by atoms with Crippen LogP contribution in [0.3, 0.4) is 0 Å². The number of fused-ring (bicyclic) bond motifs is 5. The van der Waals surface area contributed by atoms with E-state index in [4.69, 9.17) is 14.7 Å². The molecule has 0 amide bonds. The van der Waals surface area contributed by atoms with Gasteiger partial charge in [0.1, 0.15) is 11.6 Å². The van der Waals surface area contributed by atoms with Crippen LogP contribution in [0.25, 0.3) is 10.9 Å². The summed E-state index contributed by atoms with van der Waals surface area (Å²) in [6.07, 6.45) is 7.28. The van der Waals surface area contributed by atoms with E-state index >= 15 is 0 Å². The highest BCUT2D eigenvalue weighted by Gasteiger charge is 2.41. The van der Waals surface area contributed by atoms with Crippen molar-refractivity contribution in [3.05, 3.63) is 53.4 Å². The first-order chi connectivity index (χ1) is 13.8. The smallest absolute Gasteiger partial charge is 0.147 e. The summed E-state index contributed by atoms with van der Waals surface area (Å²) >= 11 is 0. The summed E-state index contributed by atoms with van der Waals surface area (Å²) in [6, 6.07) is 4.96. The molecule has 0 spiro atoms. The maximum Gasteiger partial charge on any atom is 0.147 e. The molecule has 1 N–H and O–H groups in total. The van der Waals surface area contributed by atoms with Crippen molar-refractivity contribution in [2.45, 2.75) is 31.7 Å². The number of hydrogen-bond acceptors (Lipinski definition) is 4. The van der Waals surface area contributed by atoms with E-state index in [1.807, 2.05) is 18.5 Å². The molecule has 4 heterocycles. The van der Waals surface area contributed by atoms with Gasteiger partial charge in [-0.05, 0) is 42.9 Å². The molecule has 6 rings (SSSR count). The van der Waals surface area contributed by atoms with Crippen LogP contribution in [0, 0.1) is 17.7 Å². The lowest BCUT2D eigenvalue weighted by molar-refractivity contribution is 0.0310. The molecule has 6 heteroatoms. The largest absolute Gasteiger partial charge is 0.381 e. The second-order valence-corrected chi connectivity index (χ2v) is 8.40. The monoisotopic (exact) mass is 378 g/mol. The number of benzene rings is 1. The van der Waals surface area contributed by atoms with Gasteiger partial charge in [-0.3, -0.25) is 4.98 Å². The lowest BCUT2D eigenvalue weighted by Crippen LogP contribution is -2.31. The average Bonchev–Trinajstić information content (AvgIpc) is 3.21. The fourth-order valence-electron chi connectivity index (χ4n) is 5.45. The van der Waals surface area contributed by atoms with Crippen LogP contribution < -0.4 is 4.90 Å². The molecular formula is C22H23FN4O. The summed E-state index contributed by atoms with van der Waals surface area (Å²) in [5.74, 6) is 2.40. The van der Waals surface area contributed by atoms with Crippen molar-refractivity contribution < 1.29 is 9.13 Å². The second kappa shape index (κ2) is 6.27. The highest BCUT2D eigenvalue weighted by Crippen LogP contribution is 2.46. The number of aromatic nitrogens is 3. The molecule has 2 bridgehead atoms. The summed E-state index contributed by atoms with van der Waals surface area (Å²) in [7, 11) is 0. The first-order valence-corrected chi connectivity index (χ1v) is 10.2. The standard InChI is InChI=1S/C22H23FN4O/c23-15-3-4-18-16(7-15)17-10-27(6-5-19(17)26-18)21-9-24-20(8-25-21)22-13-1-2-14(22)12-28-11-13/h3-4,7-9,13-14,22,26H,1-2,5-6,10-12H2. The van der Waals surface area contributed by atoms with Crippen LogP contribution in [0.2, 0.25) is 0 Å². The summed E-state index contributed by atoms with van der Waals surface area (Å²) < 4.78 is 19.4. The molecule has 2 unspecified atom stereocenters. The molecule has 1 aromatic carbocycles. The first kappa shape index (κ1) is 16.5. The third kappa shape index (κ3) is 2.54. The van der Waals surface area contributed by atoms with Gasteiger partial charge < -0.3 is 14.6 Å². The zero-order valence-electron chi connectivity index (χ0n) is 15.7. The van der Waals surface area contributed by atoms with Gasteiger partial charge in [0.05, 0.1) is 31.3 Å². The number of hydrogen-bond donors (Lipinski definition) is 1. The second-order valence-electron chi connectivity index (χ2n) is 8.40. The molecule has 1 aliphatic carbocycles. The van der Waals surface area contributed by atoms with Gasteiger partial charge in [-0.1, -0.05) is 0 Å². The Morgan fingerprint density at radius 2 is 1.96 bits per heavy atom. The lowest BCUT2D eigenvalue weighted by Gasteiger charge is -2.30. The van der Waals surface area contributed by atoms with Crippen molar-refractivity contribution >= 4 is 16.7 Å². The van der Waals surface area contributed by atoms with Gasteiger partial charge in [-0.25, -0.2) is 9.37 Å². The molecule has 2 aromatic heterocycles. The van der Waals surface area contributed by atoms with E-state index in [0.717, 1.165) is 55.1 Å². The molecule has 2 atom stereocenters. The topological polar surface area (TPSA) is 54.0 Å². The van der Waals surface area contributed by atoms with Crippen molar-refractivity contribution in [1.82, 2.24) is 15.0 Å². The van der Waals surface area contributed by atoms with Gasteiger partial charge in [0.15, 0.2) is 0 Å². The number of anilines is 1. The van der Waals surface area contributed by atoms with E-state index in [2.05, 4.69) is 9.88 Å². The van der Waals surface area contributed by atoms with Crippen molar-refractivity contribution in [3.8, 4) is 0 Å². The fourth-order valence-corrected chi connectivity index (χ4v) is 5.45. The molecule has 2 aliphatic heterocycles. The fraction of sp³-hybridized carbons (Fsp3) is 0.455. The number of nitrogens with one attached hydrogen (secondary N) is 1. The van der Waals surface area contributed by atoms with Gasteiger partial charge >= 0.3 is 0 Å². The predicted octanol–water partition coefficient (Wildman–Crippen LogP) is 3.80. The van der Waals surface area contributed by atoms with Crippen LogP contribution in [0.4, 0.5) is 10.2 Å². The molecule has 1 saturated heterocycles. The highest BCUT2D eigenvalue weighted by atomic mass is 19.1. The van der Waals surface area contributed by atoms with Crippen LogP contribution >= 0.6 is 0 Å². The molecule has 0 radical (unpaired) electrons. The van der Waals surface area contributed by atoms with Crippen LogP contribution in [0.1, 0.15) is 35.7 Å². The Morgan fingerprint density at radius 3 is 2.75 bits per heavy atom. The maximum absolute atomic E-state index is 13.7. The normalized spacial score (nSPS) is 26.6. The Kier molecular flexibility index (Phi) is 3.69. The van der Waals surface area contributed by atoms with Crippen molar-refractivity contribution in [2.24, 2.45) is 11.8 Å². The Hall–Kier alpha value is -2.47. The molecule has 3 aliphatic rings. The maximum atomic E-state index is 13.7. The quantitative estimate of drug-likeness (QED) is 0.737. The lowest BCUT2D eigenvalue weighted by atomic mass is 9.86. The third-order valence-electron chi connectivity index (χ3n) is 6.85. The number of nitrogens with zero attached hydrogens (tertiary/aromatic N) is 3. The van der Waals surface area contributed by atoms with Crippen LogP contribution in [0.15, 0.2) is 30.6 Å². The van der Waals surface area contributed by atoms with Gasteiger partial charge in [0.2, 0.25) is 0 Å². The van der Waals surface area contributed by atoms with E-state index in [0.29, 0.717) is 17.8 Å². The molecule has 28 heavy (non-hydrogen) atoms. The molecule has 5 nitrogen and oxygen atoms in total. The zero-order chi connectivity index (χ0) is 18.7. The SMILES string of the molecule is Fc1ccc2[nH]c3c(c2c1)CN(c1cnc(C2C4CCC2COC4)cn1)CC3. The molecule has 1 saturated carbocycles. The number of halogens is 1. The zero-order valence-corrected chi connectivity index (χ0v) is 15.7. The van der Waals surface area contributed by atoms with Gasteiger partial charge in [0.25, 0.3) is 0 Å². The summed E-state index contributed by atoms with van der Waals surface area (Å²) in [6.45, 7) is 3.33. The van der Waals surface area contributed by atoms with Gasteiger partial charge in [0, 0.05) is 47.6 Å². The Morgan fingerprint density at radius 1 is 1.11 bits per heavy atom. The van der Waals surface area contributed by atoms with E-state index in [9.17, 15) is 4.39 Å². The minimum absolute atomic E-state index is 0.193. The number of ether oxygens (including phenoxy) is 1. The molecule has 2 fully saturated rings. The van der Waals surface area contributed by atoms with Crippen molar-refractivity contribution in [3.63, 3.8) is 0 Å². The van der Waals surface area contributed by atoms with Gasteiger partial charge in [-0.2, -0.15) is 0 Å². The van der Waals surface area contributed by atoms with E-state index in [-0.39, 0.29) is 5.82 Å². The summed E-state index contributed by atoms with van der Waals surface area (Å²) in [5, 5.41) is 0.975. The Labute approximate surface area is 162 Å². The number of aromatic amines is 1. The van der Waals surface area contributed by atoms with Crippen molar-refractivity contribution in [2.75, 3.05) is 24.7 Å². The minimum Gasteiger partial charge on any atom is -0.381 e. The Balaban J connectivity index is 1.27. The summed E-state index contributed by atoms with van der Waals surface area (Å²) in [5.41, 5.74) is 4.50. The van der Waals surface area contributed by atoms with Crippen molar-refractivity contribution in [1.29, 1.82) is 0 Å². The third-order valence-corrected chi connectivity index (χ3v) is 6.85.